The van der Waals surface area contributed by atoms with Crippen molar-refractivity contribution >= 4 is 17.6 Å². The van der Waals surface area contributed by atoms with E-state index in [0.717, 1.165) is 24.9 Å². The number of amides is 3. The minimum Gasteiger partial charge on any atom is -0.370 e. The predicted molar refractivity (Wildman–Crippen MR) is 79.1 cm³/mol. The molecule has 6 nitrogen and oxygen atoms in total. The van der Waals surface area contributed by atoms with E-state index in [9.17, 15) is 9.59 Å². The van der Waals surface area contributed by atoms with Gasteiger partial charge in [-0.1, -0.05) is 12.1 Å². The van der Waals surface area contributed by atoms with Gasteiger partial charge in [0.05, 0.1) is 0 Å². The van der Waals surface area contributed by atoms with Gasteiger partial charge < -0.3 is 22.1 Å². The molecule has 0 aromatic heterocycles. The summed E-state index contributed by atoms with van der Waals surface area (Å²) in [5, 5.41) is 5.88. The van der Waals surface area contributed by atoms with Crippen LogP contribution in [0.3, 0.4) is 0 Å². The molecule has 110 valence electrons. The van der Waals surface area contributed by atoms with Crippen LogP contribution in [0, 0.1) is 0 Å². The summed E-state index contributed by atoms with van der Waals surface area (Å²) in [6, 6.07) is 7.12. The molecule has 1 aromatic rings. The van der Waals surface area contributed by atoms with Crippen molar-refractivity contribution < 1.29 is 9.59 Å². The Morgan fingerprint density at radius 2 is 1.80 bits per heavy atom. The second kappa shape index (κ2) is 8.16. The lowest BCUT2D eigenvalue weighted by Crippen LogP contribution is -2.21. The van der Waals surface area contributed by atoms with Crippen molar-refractivity contribution in [1.29, 1.82) is 0 Å². The van der Waals surface area contributed by atoms with Crippen LogP contribution in [0.4, 0.5) is 10.5 Å². The highest BCUT2D eigenvalue weighted by Crippen LogP contribution is 2.16. The maximum Gasteiger partial charge on any atom is 0.316 e. The van der Waals surface area contributed by atoms with Crippen LogP contribution in [0.2, 0.25) is 0 Å². The van der Waals surface area contributed by atoms with Crippen molar-refractivity contribution in [1.82, 2.24) is 5.32 Å². The van der Waals surface area contributed by atoms with Crippen LogP contribution in [-0.4, -0.2) is 18.5 Å². The molecule has 0 bridgehead atoms. The van der Waals surface area contributed by atoms with Crippen molar-refractivity contribution in [3.8, 4) is 0 Å². The fourth-order valence-electron chi connectivity index (χ4n) is 1.86. The standard InChI is InChI=1S/C14H22N4O2/c1-10(17-9-3-2-4-13(15)19)11-5-7-12(8-6-11)18-14(16)20/h5-8,10,17H,2-4,9H2,1H3,(H2,15,19)(H3,16,18,20). The molecular weight excluding hydrogens is 256 g/mol. The third-order valence-electron chi connectivity index (χ3n) is 2.98. The summed E-state index contributed by atoms with van der Waals surface area (Å²) in [6.45, 7) is 2.89. The second-order valence-corrected chi connectivity index (χ2v) is 4.71. The molecule has 0 aliphatic heterocycles. The summed E-state index contributed by atoms with van der Waals surface area (Å²) in [5.74, 6) is -0.254. The van der Waals surface area contributed by atoms with Crippen LogP contribution >= 0.6 is 0 Å². The van der Waals surface area contributed by atoms with Gasteiger partial charge in [0.2, 0.25) is 5.91 Å². The fourth-order valence-corrected chi connectivity index (χ4v) is 1.86. The number of primary amides is 2. The highest BCUT2D eigenvalue weighted by atomic mass is 16.2. The van der Waals surface area contributed by atoms with E-state index in [1.54, 1.807) is 0 Å². The number of hydrogen-bond donors (Lipinski definition) is 4. The Bertz CT molecular complexity index is 445. The predicted octanol–water partition coefficient (Wildman–Crippen LogP) is 1.48. The maximum absolute atomic E-state index is 10.7. The van der Waals surface area contributed by atoms with Gasteiger partial charge in [-0.15, -0.1) is 0 Å². The Hall–Kier alpha value is -2.08. The number of carbonyl (C=O) groups is 2. The summed E-state index contributed by atoms with van der Waals surface area (Å²) in [7, 11) is 0. The Kier molecular flexibility index (Phi) is 6.52. The number of rotatable bonds is 8. The van der Waals surface area contributed by atoms with Gasteiger partial charge in [-0.05, 0) is 44.0 Å². The number of urea groups is 1. The lowest BCUT2D eigenvalue weighted by atomic mass is 10.1. The molecule has 0 heterocycles. The molecule has 0 saturated carbocycles. The minimum absolute atomic E-state index is 0.200. The first-order valence-electron chi connectivity index (χ1n) is 6.67. The summed E-state index contributed by atoms with van der Waals surface area (Å²) in [5.41, 5.74) is 11.9. The maximum atomic E-state index is 10.7. The Morgan fingerprint density at radius 1 is 1.15 bits per heavy atom. The van der Waals surface area contributed by atoms with Crippen molar-refractivity contribution in [3.63, 3.8) is 0 Å². The lowest BCUT2D eigenvalue weighted by molar-refractivity contribution is -0.118. The van der Waals surface area contributed by atoms with E-state index in [4.69, 9.17) is 11.5 Å². The Morgan fingerprint density at radius 3 is 2.35 bits per heavy atom. The molecule has 0 aliphatic carbocycles. The summed E-state index contributed by atoms with van der Waals surface area (Å²) in [4.78, 5) is 21.3. The molecule has 6 heteroatoms. The van der Waals surface area contributed by atoms with Gasteiger partial charge in [-0.3, -0.25) is 4.79 Å². The van der Waals surface area contributed by atoms with Gasteiger partial charge in [-0.2, -0.15) is 0 Å². The number of unbranched alkanes of at least 4 members (excludes halogenated alkanes) is 1. The van der Waals surface area contributed by atoms with E-state index in [-0.39, 0.29) is 11.9 Å². The number of carbonyl (C=O) groups excluding carboxylic acids is 2. The lowest BCUT2D eigenvalue weighted by Gasteiger charge is -2.14. The first kappa shape index (κ1) is 16.0. The molecule has 3 amide bonds. The molecule has 1 rings (SSSR count). The highest BCUT2D eigenvalue weighted by Gasteiger charge is 2.05. The van der Waals surface area contributed by atoms with Gasteiger partial charge in [-0.25, -0.2) is 4.79 Å². The average molecular weight is 278 g/mol. The highest BCUT2D eigenvalue weighted by molar-refractivity contribution is 5.87. The Labute approximate surface area is 118 Å². The largest absolute Gasteiger partial charge is 0.370 e. The molecule has 6 N–H and O–H groups in total. The fraction of sp³-hybridized carbons (Fsp3) is 0.429. The average Bonchev–Trinajstić information content (AvgIpc) is 2.38. The first-order chi connectivity index (χ1) is 9.49. The quantitative estimate of drug-likeness (QED) is 0.540. The summed E-state index contributed by atoms with van der Waals surface area (Å²) < 4.78 is 0. The smallest absolute Gasteiger partial charge is 0.316 e. The third kappa shape index (κ3) is 6.19. The second-order valence-electron chi connectivity index (χ2n) is 4.71. The number of hydrogen-bond acceptors (Lipinski definition) is 3. The molecule has 1 atom stereocenters. The zero-order chi connectivity index (χ0) is 15.0. The van der Waals surface area contributed by atoms with Gasteiger partial charge in [0.1, 0.15) is 0 Å². The van der Waals surface area contributed by atoms with Crippen LogP contribution in [0.5, 0.6) is 0 Å². The molecule has 0 saturated heterocycles. The van der Waals surface area contributed by atoms with E-state index in [0.29, 0.717) is 12.1 Å². The van der Waals surface area contributed by atoms with Crippen LogP contribution in [0.1, 0.15) is 37.8 Å². The van der Waals surface area contributed by atoms with E-state index in [1.807, 2.05) is 24.3 Å². The zero-order valence-electron chi connectivity index (χ0n) is 11.7. The van der Waals surface area contributed by atoms with Crippen LogP contribution in [0.25, 0.3) is 0 Å². The van der Waals surface area contributed by atoms with Crippen molar-refractivity contribution in [2.75, 3.05) is 11.9 Å². The summed E-state index contributed by atoms with van der Waals surface area (Å²) >= 11 is 0. The monoisotopic (exact) mass is 278 g/mol. The zero-order valence-corrected chi connectivity index (χ0v) is 11.7. The van der Waals surface area contributed by atoms with Crippen molar-refractivity contribution in [3.05, 3.63) is 29.8 Å². The van der Waals surface area contributed by atoms with E-state index in [2.05, 4.69) is 17.6 Å². The third-order valence-corrected chi connectivity index (χ3v) is 2.98. The number of nitrogens with one attached hydrogen (secondary N) is 2. The van der Waals surface area contributed by atoms with Crippen molar-refractivity contribution in [2.45, 2.75) is 32.2 Å². The first-order valence-corrected chi connectivity index (χ1v) is 6.67. The van der Waals surface area contributed by atoms with E-state index in [1.165, 1.54) is 0 Å². The molecule has 0 radical (unpaired) electrons. The SMILES string of the molecule is CC(NCCCCC(N)=O)c1ccc(NC(N)=O)cc1. The van der Waals surface area contributed by atoms with Gasteiger partial charge in [0.15, 0.2) is 0 Å². The number of nitrogens with two attached hydrogens (primary N) is 2. The van der Waals surface area contributed by atoms with Crippen LogP contribution in [0.15, 0.2) is 24.3 Å². The van der Waals surface area contributed by atoms with Crippen molar-refractivity contribution in [2.24, 2.45) is 11.5 Å². The molecule has 1 unspecified atom stereocenters. The van der Waals surface area contributed by atoms with Gasteiger partial charge >= 0.3 is 6.03 Å². The molecule has 20 heavy (non-hydrogen) atoms. The topological polar surface area (TPSA) is 110 Å². The van der Waals surface area contributed by atoms with E-state index < -0.39 is 6.03 Å². The molecular formula is C14H22N4O2. The molecule has 1 aromatic carbocycles. The van der Waals surface area contributed by atoms with Crippen LogP contribution < -0.4 is 22.1 Å². The molecule has 0 aliphatic rings. The van der Waals surface area contributed by atoms with Gasteiger partial charge in [0, 0.05) is 18.2 Å². The number of anilines is 1. The van der Waals surface area contributed by atoms with Gasteiger partial charge in [0.25, 0.3) is 0 Å². The Balaban J connectivity index is 2.34. The van der Waals surface area contributed by atoms with E-state index >= 15 is 0 Å². The minimum atomic E-state index is -0.571. The van der Waals surface area contributed by atoms with Crippen LogP contribution in [-0.2, 0) is 4.79 Å². The summed E-state index contributed by atoms with van der Waals surface area (Å²) in [6.07, 6.45) is 2.15. The molecule has 0 spiro atoms. The molecule has 0 fully saturated rings. The number of benzene rings is 1. The normalized spacial score (nSPS) is 11.8.